The molecular formula is C59H52F5N9O8. The number of esters is 1. The lowest BCUT2D eigenvalue weighted by molar-refractivity contribution is -0.172. The number of terminal acetylenes is 1. The highest BCUT2D eigenvalue weighted by Crippen LogP contribution is 2.44. The number of anilines is 3. The van der Waals surface area contributed by atoms with Gasteiger partial charge in [-0.2, -0.15) is 9.97 Å². The van der Waals surface area contributed by atoms with E-state index in [1.54, 1.807) is 30.9 Å². The molecule has 3 aromatic heterocycles. The van der Waals surface area contributed by atoms with Crippen molar-refractivity contribution in [3.8, 4) is 40.9 Å². The monoisotopic (exact) mass is 1110 g/mol. The molecule has 0 saturated carbocycles. The fourth-order valence-electron chi connectivity index (χ4n) is 12.4. The molecule has 22 heteroatoms. The van der Waals surface area contributed by atoms with E-state index in [1.807, 2.05) is 4.90 Å². The number of aliphatic hydroxyl groups is 1. The lowest BCUT2D eigenvalue weighted by Gasteiger charge is -2.41. The van der Waals surface area contributed by atoms with Crippen molar-refractivity contribution in [3.05, 3.63) is 123 Å². The van der Waals surface area contributed by atoms with Crippen molar-refractivity contribution in [1.82, 2.24) is 29.3 Å². The van der Waals surface area contributed by atoms with E-state index in [0.29, 0.717) is 40.7 Å². The second-order valence-electron chi connectivity index (χ2n) is 21.5. The van der Waals surface area contributed by atoms with Crippen LogP contribution < -0.4 is 26.2 Å². The second-order valence-corrected chi connectivity index (χ2v) is 21.5. The summed E-state index contributed by atoms with van der Waals surface area (Å²) >= 11 is 0. The van der Waals surface area contributed by atoms with Crippen LogP contribution in [0.3, 0.4) is 0 Å². The predicted molar refractivity (Wildman–Crippen MR) is 290 cm³/mol. The topological polar surface area (TPSA) is 208 Å². The average molecular weight is 1110 g/mol. The first-order valence-corrected chi connectivity index (χ1v) is 26.4. The number of nitrogens with two attached hydrogens (primary N) is 1. The quantitative estimate of drug-likeness (QED) is 0.0389. The van der Waals surface area contributed by atoms with Crippen molar-refractivity contribution in [3.63, 3.8) is 0 Å². The van der Waals surface area contributed by atoms with Gasteiger partial charge < -0.3 is 39.4 Å². The number of rotatable bonds is 10. The van der Waals surface area contributed by atoms with E-state index in [-0.39, 0.29) is 132 Å². The molecule has 5 aliphatic rings. The molecule has 81 heavy (non-hydrogen) atoms. The lowest BCUT2D eigenvalue weighted by Crippen LogP contribution is -2.54. The second kappa shape index (κ2) is 19.5. The van der Waals surface area contributed by atoms with E-state index < -0.39 is 81.8 Å². The summed E-state index contributed by atoms with van der Waals surface area (Å²) in [6, 6.07) is 11.3. The number of carbonyl (C=O) groups excluding carboxylic acids is 3. The molecule has 5 atom stereocenters. The molecule has 4 aromatic carbocycles. The summed E-state index contributed by atoms with van der Waals surface area (Å²) in [5, 5.41) is 14.4. The summed E-state index contributed by atoms with van der Waals surface area (Å²) < 4.78 is 98.4. The number of benzene rings is 4. The summed E-state index contributed by atoms with van der Waals surface area (Å²) in [4.78, 5) is 72.8. The Morgan fingerprint density at radius 3 is 2.58 bits per heavy atom. The highest BCUT2D eigenvalue weighted by molar-refractivity contribution is 6.05. The fraction of sp³-hybridized carbons (Fsp3) is 0.339. The Kier molecular flexibility index (Phi) is 12.8. The van der Waals surface area contributed by atoms with Crippen LogP contribution in [0.4, 0.5) is 43.9 Å². The number of nitrogens with one attached hydrogen (secondary N) is 1. The number of amides is 2. The first-order chi connectivity index (χ1) is 38.7. The highest BCUT2D eigenvalue weighted by atomic mass is 19.1. The van der Waals surface area contributed by atoms with E-state index in [0.717, 1.165) is 24.6 Å². The van der Waals surface area contributed by atoms with Crippen LogP contribution in [0.2, 0.25) is 0 Å². The molecule has 12 rings (SSSR count). The van der Waals surface area contributed by atoms with E-state index in [2.05, 4.69) is 27.8 Å². The molecule has 7 aromatic rings. The lowest BCUT2D eigenvalue weighted by atomic mass is 9.86. The highest BCUT2D eigenvalue weighted by Gasteiger charge is 2.50. The van der Waals surface area contributed by atoms with Gasteiger partial charge in [0.2, 0.25) is 0 Å². The number of nitrogens with zero attached hydrogens (tertiary/aromatic N) is 7. The number of halogens is 5. The van der Waals surface area contributed by atoms with Crippen LogP contribution in [-0.2, 0) is 37.8 Å². The van der Waals surface area contributed by atoms with Gasteiger partial charge in [-0.25, -0.2) is 36.5 Å². The van der Waals surface area contributed by atoms with Gasteiger partial charge in [-0.05, 0) is 93.1 Å². The van der Waals surface area contributed by atoms with Crippen LogP contribution in [0.1, 0.15) is 68.7 Å². The largest absolute Gasteiger partial charge is 0.461 e. The maximum absolute atomic E-state index is 17.4. The summed E-state index contributed by atoms with van der Waals surface area (Å²) in [5.41, 5.74) is 3.38. The van der Waals surface area contributed by atoms with E-state index in [4.69, 9.17) is 31.4 Å². The number of piperazine rings is 1. The Hall–Kier alpha value is -8.68. The van der Waals surface area contributed by atoms with Gasteiger partial charge in [0.05, 0.1) is 56.9 Å². The summed E-state index contributed by atoms with van der Waals surface area (Å²) in [6.07, 6.45) is 4.02. The molecule has 4 N–H and O–H groups in total. The van der Waals surface area contributed by atoms with Crippen LogP contribution in [0, 0.1) is 35.6 Å². The Bertz CT molecular complexity index is 4040. The maximum Gasteiger partial charge on any atom is 0.412 e. The smallest absolute Gasteiger partial charge is 0.412 e. The molecule has 3 fully saturated rings. The molecule has 8 heterocycles. The Balaban J connectivity index is 0.772. The van der Waals surface area contributed by atoms with Gasteiger partial charge in [0.25, 0.3) is 11.5 Å². The number of fused-ring (bicyclic) bond motifs is 8. The minimum Gasteiger partial charge on any atom is -0.461 e. The van der Waals surface area contributed by atoms with Crippen molar-refractivity contribution in [1.29, 1.82) is 0 Å². The third-order valence-corrected chi connectivity index (χ3v) is 16.6. The van der Waals surface area contributed by atoms with E-state index in [9.17, 15) is 28.7 Å². The van der Waals surface area contributed by atoms with E-state index >= 15 is 17.6 Å². The number of pyridine rings is 2. The maximum atomic E-state index is 17.4. The van der Waals surface area contributed by atoms with Crippen molar-refractivity contribution in [2.75, 3.05) is 55.3 Å². The molecule has 5 aliphatic heterocycles. The Labute approximate surface area is 459 Å². The first kappa shape index (κ1) is 53.0. The van der Waals surface area contributed by atoms with Crippen molar-refractivity contribution in [2.45, 2.75) is 89.1 Å². The van der Waals surface area contributed by atoms with Gasteiger partial charge in [-0.15, -0.1) is 6.42 Å². The van der Waals surface area contributed by atoms with Crippen molar-refractivity contribution in [2.24, 2.45) is 0 Å². The predicted octanol–water partition coefficient (Wildman–Crippen LogP) is 8.15. The number of alkyl halides is 1. The normalized spacial score (nSPS) is 21.6. The van der Waals surface area contributed by atoms with Crippen LogP contribution in [0.5, 0.6) is 6.01 Å². The van der Waals surface area contributed by atoms with Gasteiger partial charge >= 0.3 is 18.1 Å². The van der Waals surface area contributed by atoms with Crippen molar-refractivity contribution < 1.29 is 55.7 Å². The molecule has 416 valence electrons. The minimum atomic E-state index is -2.03. The molecule has 0 radical (unpaired) electrons. The zero-order valence-corrected chi connectivity index (χ0v) is 44.1. The number of aromatic nitrogens is 4. The van der Waals surface area contributed by atoms with Gasteiger partial charge in [0.15, 0.2) is 11.4 Å². The van der Waals surface area contributed by atoms with Crippen molar-refractivity contribution >= 4 is 67.7 Å². The standard InChI is InChI=1S/C59H52F5N9O8/c1-6-36-41(61)10-9-31-16-35(65)18-37(47(31)36)48-43(63)19-38-51(49(48)64)68-56(80-27-58-11-8-12-71(58)25-34(60)22-58)69-52(38)72-14-13-70(23-28(72)3)53(74)29(4)30(5)81-57(77)67-45-17-32-15-33-24-73-46(50(33)66-44(32)21-42(45)62)20-40-39(54(73)75)26-79-55(76)59(40,78)7-2/h1,9-10,15-21,28,30,34,78H,4,7-8,11-14,22-27,65H2,2-3,5H3,(H,67,77). The molecular weight excluding hydrogens is 1060 g/mol. The zero-order valence-electron chi connectivity index (χ0n) is 44.1. The SMILES string of the molecule is C#Cc1c(F)ccc2cc(N)cc(-c3c(F)cc4c(N5CCN(C(=O)C(=C)C(C)OC(=O)Nc6cc7cc8c(nc7cc6F)-c6cc7c(c(=O)n6C8)COC(=O)C7(O)CC)CC5C)nc(OCC56CCCN5CC(F)C6)nc4c3F)c12. The first-order valence-electron chi connectivity index (χ1n) is 26.4. The number of ether oxygens (including phenoxy) is 3. The van der Waals surface area contributed by atoms with Crippen LogP contribution in [0.25, 0.3) is 55.1 Å². The van der Waals surface area contributed by atoms with Crippen LogP contribution >= 0.6 is 0 Å². The zero-order chi connectivity index (χ0) is 57.1. The average Bonchev–Trinajstić information content (AvgIpc) is 4.34. The number of nitrogen functional groups attached to an aromatic ring is 1. The number of cyclic esters (lactones) is 1. The number of carbonyl (C=O) groups is 3. The van der Waals surface area contributed by atoms with E-state index in [1.165, 1.54) is 40.7 Å². The molecule has 17 nitrogen and oxygen atoms in total. The Morgan fingerprint density at radius 1 is 1.01 bits per heavy atom. The molecule has 2 amide bonds. The number of hydrogen-bond acceptors (Lipinski definition) is 14. The van der Waals surface area contributed by atoms with Gasteiger partial charge in [0.1, 0.15) is 54.3 Å². The summed E-state index contributed by atoms with van der Waals surface area (Å²) in [6.45, 7) is 9.57. The fourth-order valence-corrected chi connectivity index (χ4v) is 12.4. The van der Waals surface area contributed by atoms with Crippen LogP contribution in [0.15, 0.2) is 71.5 Å². The molecule has 0 spiro atoms. The summed E-state index contributed by atoms with van der Waals surface area (Å²) in [7, 11) is 0. The molecule has 5 unspecified atom stereocenters. The molecule has 0 aliphatic carbocycles. The minimum absolute atomic E-state index is 0.00942. The van der Waals surface area contributed by atoms with Gasteiger partial charge in [-0.1, -0.05) is 25.5 Å². The van der Waals surface area contributed by atoms with Gasteiger partial charge in [-0.3, -0.25) is 19.8 Å². The number of hydrogen-bond donors (Lipinski definition) is 3. The molecule has 3 saturated heterocycles. The third kappa shape index (κ3) is 8.63. The molecule has 0 bridgehead atoms. The van der Waals surface area contributed by atoms with Gasteiger partial charge in [0, 0.05) is 77.7 Å². The third-order valence-electron chi connectivity index (χ3n) is 16.6. The van der Waals surface area contributed by atoms with Crippen LogP contribution in [-0.4, -0.2) is 116 Å². The summed E-state index contributed by atoms with van der Waals surface area (Å²) in [5.74, 6) is -2.88. The Morgan fingerprint density at radius 2 is 1.81 bits per heavy atom.